The van der Waals surface area contributed by atoms with Gasteiger partial charge < -0.3 is 13.3 Å². The molecule has 3 aromatic rings. The van der Waals surface area contributed by atoms with Gasteiger partial charge in [-0.15, -0.1) is 10.2 Å². The predicted molar refractivity (Wildman–Crippen MR) is 77.0 cm³/mol. The smallest absolute Gasteiger partial charge is 0.305 e. The van der Waals surface area contributed by atoms with Crippen molar-refractivity contribution in [2.45, 2.75) is 5.22 Å². The molecule has 3 heterocycles. The lowest BCUT2D eigenvalue weighted by Gasteiger charge is -2.04. The van der Waals surface area contributed by atoms with Gasteiger partial charge in [-0.3, -0.25) is 20.4 Å². The van der Waals surface area contributed by atoms with Gasteiger partial charge in [0.2, 0.25) is 5.91 Å². The summed E-state index contributed by atoms with van der Waals surface area (Å²) in [6.45, 7) is 0. The van der Waals surface area contributed by atoms with E-state index in [0.29, 0.717) is 5.76 Å². The molecule has 2 amide bonds. The minimum atomic E-state index is -0.550. The number of furan rings is 2. The first-order chi connectivity index (χ1) is 11.2. The van der Waals surface area contributed by atoms with Crippen LogP contribution in [0.15, 0.2) is 55.3 Å². The highest BCUT2D eigenvalue weighted by atomic mass is 32.2. The van der Waals surface area contributed by atoms with Gasteiger partial charge in [-0.2, -0.15) is 0 Å². The van der Waals surface area contributed by atoms with Crippen LogP contribution < -0.4 is 10.9 Å². The number of amides is 2. The third-order valence-corrected chi connectivity index (χ3v) is 3.34. The van der Waals surface area contributed by atoms with E-state index in [4.69, 9.17) is 13.3 Å². The van der Waals surface area contributed by atoms with Crippen LogP contribution in [0, 0.1) is 0 Å². The van der Waals surface area contributed by atoms with Crippen LogP contribution in [-0.4, -0.2) is 27.8 Å². The second-order valence-electron chi connectivity index (χ2n) is 4.12. The largest absolute Gasteiger partial charge is 0.459 e. The highest BCUT2D eigenvalue weighted by Crippen LogP contribution is 2.22. The molecule has 23 heavy (non-hydrogen) atoms. The fourth-order valence-electron chi connectivity index (χ4n) is 1.53. The van der Waals surface area contributed by atoms with Crippen molar-refractivity contribution in [2.75, 3.05) is 5.75 Å². The van der Waals surface area contributed by atoms with Crippen molar-refractivity contribution in [3.05, 3.63) is 42.6 Å². The van der Waals surface area contributed by atoms with Crippen molar-refractivity contribution in [1.82, 2.24) is 21.0 Å². The Hall–Kier alpha value is -3.01. The molecule has 3 rings (SSSR count). The summed E-state index contributed by atoms with van der Waals surface area (Å²) in [6, 6.07) is 6.42. The monoisotopic (exact) mass is 334 g/mol. The molecule has 0 saturated heterocycles. The SMILES string of the molecule is O=C(CSc1nnc(-c2ccco2)o1)NNC(=O)c1ccco1. The summed E-state index contributed by atoms with van der Waals surface area (Å²) in [4.78, 5) is 23.2. The minimum Gasteiger partial charge on any atom is -0.459 e. The molecule has 0 aliphatic heterocycles. The maximum Gasteiger partial charge on any atom is 0.305 e. The molecule has 0 saturated carbocycles. The Balaban J connectivity index is 1.45. The van der Waals surface area contributed by atoms with Gasteiger partial charge in [-0.25, -0.2) is 0 Å². The third kappa shape index (κ3) is 3.80. The second kappa shape index (κ2) is 6.83. The normalized spacial score (nSPS) is 10.4. The molecule has 0 fully saturated rings. The number of nitrogens with one attached hydrogen (secondary N) is 2. The van der Waals surface area contributed by atoms with E-state index < -0.39 is 11.8 Å². The van der Waals surface area contributed by atoms with Gasteiger partial charge in [-0.05, 0) is 24.3 Å². The van der Waals surface area contributed by atoms with E-state index in [1.807, 2.05) is 0 Å². The summed E-state index contributed by atoms with van der Waals surface area (Å²) in [5.74, 6) is -0.238. The van der Waals surface area contributed by atoms with Crippen LogP contribution >= 0.6 is 11.8 Å². The van der Waals surface area contributed by atoms with Crippen molar-refractivity contribution in [2.24, 2.45) is 0 Å². The lowest BCUT2D eigenvalue weighted by atomic mass is 10.4. The zero-order chi connectivity index (χ0) is 16.1. The number of rotatable bonds is 5. The zero-order valence-electron chi connectivity index (χ0n) is 11.5. The van der Waals surface area contributed by atoms with Crippen molar-refractivity contribution in [3.8, 4) is 11.7 Å². The Morgan fingerprint density at radius 3 is 2.65 bits per heavy atom. The van der Waals surface area contributed by atoms with E-state index in [0.717, 1.165) is 11.8 Å². The number of nitrogens with zero attached hydrogens (tertiary/aromatic N) is 2. The van der Waals surface area contributed by atoms with Crippen molar-refractivity contribution in [3.63, 3.8) is 0 Å². The Morgan fingerprint density at radius 1 is 1.09 bits per heavy atom. The fourth-order valence-corrected chi connectivity index (χ4v) is 2.09. The summed E-state index contributed by atoms with van der Waals surface area (Å²) in [5.41, 5.74) is 4.47. The molecule has 2 N–H and O–H groups in total. The van der Waals surface area contributed by atoms with Crippen LogP contribution in [0.1, 0.15) is 10.6 Å². The van der Waals surface area contributed by atoms with E-state index in [9.17, 15) is 9.59 Å². The van der Waals surface area contributed by atoms with E-state index in [2.05, 4.69) is 21.0 Å². The molecule has 10 heteroatoms. The van der Waals surface area contributed by atoms with Crippen LogP contribution in [0.5, 0.6) is 0 Å². The zero-order valence-corrected chi connectivity index (χ0v) is 12.3. The highest BCUT2D eigenvalue weighted by Gasteiger charge is 2.14. The van der Waals surface area contributed by atoms with Crippen LogP contribution in [0.4, 0.5) is 0 Å². The molecule has 0 radical (unpaired) electrons. The van der Waals surface area contributed by atoms with Crippen molar-refractivity contribution in [1.29, 1.82) is 0 Å². The first-order valence-electron chi connectivity index (χ1n) is 6.35. The molecular formula is C13H10N4O5S. The summed E-state index contributed by atoms with van der Waals surface area (Å²) >= 11 is 1.03. The predicted octanol–water partition coefficient (Wildman–Crippen LogP) is 1.48. The molecule has 0 atom stereocenters. The average molecular weight is 334 g/mol. The van der Waals surface area contributed by atoms with E-state index >= 15 is 0 Å². The molecule has 0 bridgehead atoms. The number of hydrogen-bond acceptors (Lipinski definition) is 8. The van der Waals surface area contributed by atoms with Crippen LogP contribution in [-0.2, 0) is 4.79 Å². The Morgan fingerprint density at radius 2 is 1.91 bits per heavy atom. The Bertz CT molecular complexity index is 781. The van der Waals surface area contributed by atoms with Crippen molar-refractivity contribution < 1.29 is 22.8 Å². The molecule has 0 aromatic carbocycles. The second-order valence-corrected chi connectivity index (χ2v) is 5.05. The molecule has 3 aromatic heterocycles. The maximum absolute atomic E-state index is 11.6. The summed E-state index contributed by atoms with van der Waals surface area (Å²) in [5, 5.41) is 7.80. The van der Waals surface area contributed by atoms with Crippen LogP contribution in [0.2, 0.25) is 0 Å². The quantitative estimate of drug-likeness (QED) is 0.531. The van der Waals surface area contributed by atoms with E-state index in [1.54, 1.807) is 18.2 Å². The molecule has 0 unspecified atom stereocenters. The molecular weight excluding hydrogens is 324 g/mol. The molecule has 0 spiro atoms. The van der Waals surface area contributed by atoms with Crippen LogP contribution in [0.25, 0.3) is 11.7 Å². The summed E-state index contributed by atoms with van der Waals surface area (Å²) < 4.78 is 15.3. The van der Waals surface area contributed by atoms with Gasteiger partial charge in [0.1, 0.15) is 0 Å². The number of carbonyl (C=O) groups is 2. The molecule has 118 valence electrons. The summed E-state index contributed by atoms with van der Waals surface area (Å²) in [7, 11) is 0. The average Bonchev–Trinajstić information content (AvgIpc) is 3.32. The van der Waals surface area contributed by atoms with Crippen LogP contribution in [0.3, 0.4) is 0 Å². The maximum atomic E-state index is 11.6. The number of aromatic nitrogens is 2. The lowest BCUT2D eigenvalue weighted by molar-refractivity contribution is -0.119. The number of carbonyl (C=O) groups excluding carboxylic acids is 2. The fraction of sp³-hybridized carbons (Fsp3) is 0.0769. The van der Waals surface area contributed by atoms with E-state index in [1.165, 1.54) is 18.6 Å². The Labute approximate surface area is 133 Å². The van der Waals surface area contributed by atoms with E-state index in [-0.39, 0.29) is 22.6 Å². The molecule has 0 aliphatic carbocycles. The van der Waals surface area contributed by atoms with Gasteiger partial charge >= 0.3 is 5.91 Å². The van der Waals surface area contributed by atoms with Gasteiger partial charge in [0.15, 0.2) is 11.5 Å². The number of hydrazine groups is 1. The van der Waals surface area contributed by atoms with Gasteiger partial charge in [0, 0.05) is 0 Å². The van der Waals surface area contributed by atoms with Gasteiger partial charge in [-0.1, -0.05) is 11.8 Å². The minimum absolute atomic E-state index is 0.0157. The van der Waals surface area contributed by atoms with Crippen molar-refractivity contribution >= 4 is 23.6 Å². The third-order valence-electron chi connectivity index (χ3n) is 2.53. The molecule has 0 aliphatic rings. The van der Waals surface area contributed by atoms with Gasteiger partial charge in [0.25, 0.3) is 11.1 Å². The standard InChI is InChI=1S/C13H10N4O5S/c18-10(14-15-11(19)8-3-1-5-20-8)7-23-13-17-16-12(22-13)9-4-2-6-21-9/h1-6H,7H2,(H,14,18)(H,15,19). The summed E-state index contributed by atoms with van der Waals surface area (Å²) in [6.07, 6.45) is 2.85. The van der Waals surface area contributed by atoms with Gasteiger partial charge in [0.05, 0.1) is 18.3 Å². The molecule has 9 nitrogen and oxygen atoms in total. The number of hydrogen-bond donors (Lipinski definition) is 2. The Kier molecular flexibility index (Phi) is 4.43. The first-order valence-corrected chi connectivity index (χ1v) is 7.34. The number of thioether (sulfide) groups is 1. The topological polar surface area (TPSA) is 123 Å². The lowest BCUT2D eigenvalue weighted by Crippen LogP contribution is -2.42. The highest BCUT2D eigenvalue weighted by molar-refractivity contribution is 7.99. The first kappa shape index (κ1) is 14.9.